The number of nitro groups is 1. The van der Waals surface area contributed by atoms with Gasteiger partial charge in [0.2, 0.25) is 5.91 Å². The maximum absolute atomic E-state index is 11.3. The average Bonchev–Trinajstić information content (AvgIpc) is 2.46. The number of benzene rings is 1. The highest BCUT2D eigenvalue weighted by Gasteiger charge is 2.30. The normalized spacial score (nSPS) is 21.8. The molecule has 0 radical (unpaired) electrons. The van der Waals surface area contributed by atoms with E-state index in [1.54, 1.807) is 11.9 Å². The molecule has 2 rings (SSSR count). The molecule has 1 amide bonds. The lowest BCUT2D eigenvalue weighted by Gasteiger charge is -2.36. The van der Waals surface area contributed by atoms with Gasteiger partial charge in [0, 0.05) is 18.7 Å². The first-order valence-corrected chi connectivity index (χ1v) is 6.91. The van der Waals surface area contributed by atoms with Crippen molar-refractivity contribution < 1.29 is 14.8 Å². The van der Waals surface area contributed by atoms with Gasteiger partial charge in [-0.2, -0.15) is 0 Å². The number of nitrogens with two attached hydrogens (primary N) is 1. The summed E-state index contributed by atoms with van der Waals surface area (Å²) >= 11 is 0. The molecule has 0 spiro atoms. The van der Waals surface area contributed by atoms with E-state index in [0.717, 1.165) is 19.3 Å². The number of hydrogen-bond acceptors (Lipinski definition) is 5. The number of primary amides is 1. The Bertz CT molecular complexity index is 561. The van der Waals surface area contributed by atoms with E-state index in [1.165, 1.54) is 18.2 Å². The third kappa shape index (κ3) is 3.13. The van der Waals surface area contributed by atoms with Gasteiger partial charge < -0.3 is 15.7 Å². The first-order valence-electron chi connectivity index (χ1n) is 6.91. The molecular formula is C14H19N3O4. The van der Waals surface area contributed by atoms with Crippen LogP contribution in [0.15, 0.2) is 18.2 Å². The van der Waals surface area contributed by atoms with Crippen LogP contribution in [-0.2, 0) is 0 Å². The summed E-state index contributed by atoms with van der Waals surface area (Å²) in [5.74, 6) is -0.635. The standard InChI is InChI=1S/C14H19N3O4/c1-16(11-4-2-3-5-13(11)18)12-8-9(14(15)19)6-7-10(12)17(20)21/h6-8,11,13,18H,2-5H2,1H3,(H2,15,19). The van der Waals surface area contributed by atoms with Crippen molar-refractivity contribution in [2.45, 2.75) is 37.8 Å². The van der Waals surface area contributed by atoms with E-state index in [0.29, 0.717) is 12.1 Å². The Morgan fingerprint density at radius 3 is 2.67 bits per heavy atom. The van der Waals surface area contributed by atoms with Gasteiger partial charge in [0.05, 0.1) is 17.1 Å². The summed E-state index contributed by atoms with van der Waals surface area (Å²) in [5.41, 5.74) is 5.66. The van der Waals surface area contributed by atoms with Crippen LogP contribution in [0.2, 0.25) is 0 Å². The number of carbonyl (C=O) groups excluding carboxylic acids is 1. The minimum absolute atomic E-state index is 0.0970. The summed E-state index contributed by atoms with van der Waals surface area (Å²) in [5, 5.41) is 21.3. The number of aliphatic hydroxyl groups is 1. The van der Waals surface area contributed by atoms with Crippen LogP contribution in [-0.4, -0.2) is 35.1 Å². The number of rotatable bonds is 4. The van der Waals surface area contributed by atoms with Gasteiger partial charge >= 0.3 is 0 Å². The Labute approximate surface area is 122 Å². The quantitative estimate of drug-likeness (QED) is 0.644. The summed E-state index contributed by atoms with van der Waals surface area (Å²) in [4.78, 5) is 23.6. The zero-order valence-corrected chi connectivity index (χ0v) is 11.9. The number of nitro benzene ring substituents is 1. The van der Waals surface area contributed by atoms with Gasteiger partial charge in [-0.05, 0) is 25.0 Å². The van der Waals surface area contributed by atoms with E-state index in [1.807, 2.05) is 0 Å². The van der Waals surface area contributed by atoms with Gasteiger partial charge in [-0.25, -0.2) is 0 Å². The van der Waals surface area contributed by atoms with Crippen LogP contribution in [0.1, 0.15) is 36.0 Å². The predicted molar refractivity (Wildman–Crippen MR) is 78.3 cm³/mol. The van der Waals surface area contributed by atoms with Crippen LogP contribution in [0.4, 0.5) is 11.4 Å². The van der Waals surface area contributed by atoms with Crippen LogP contribution in [0.25, 0.3) is 0 Å². The number of likely N-dealkylation sites (N-methyl/N-ethyl adjacent to an activating group) is 1. The summed E-state index contributed by atoms with van der Waals surface area (Å²) in [6.45, 7) is 0. The molecule has 7 nitrogen and oxygen atoms in total. The van der Waals surface area contributed by atoms with Gasteiger partial charge in [0.15, 0.2) is 0 Å². The van der Waals surface area contributed by atoms with Crippen molar-refractivity contribution in [2.24, 2.45) is 5.73 Å². The van der Waals surface area contributed by atoms with Crippen LogP contribution in [0, 0.1) is 10.1 Å². The Morgan fingerprint density at radius 1 is 1.43 bits per heavy atom. The van der Waals surface area contributed by atoms with Crippen molar-refractivity contribution in [3.63, 3.8) is 0 Å². The molecular weight excluding hydrogens is 274 g/mol. The third-order valence-corrected chi connectivity index (χ3v) is 4.03. The van der Waals surface area contributed by atoms with Crippen LogP contribution < -0.4 is 10.6 Å². The van der Waals surface area contributed by atoms with E-state index in [4.69, 9.17) is 5.73 Å². The summed E-state index contributed by atoms with van der Waals surface area (Å²) in [6.07, 6.45) is 2.83. The highest BCUT2D eigenvalue weighted by Crippen LogP contribution is 2.33. The smallest absolute Gasteiger partial charge is 0.292 e. The molecule has 0 aliphatic heterocycles. The number of carbonyl (C=O) groups is 1. The highest BCUT2D eigenvalue weighted by molar-refractivity contribution is 5.94. The minimum Gasteiger partial charge on any atom is -0.391 e. The van der Waals surface area contributed by atoms with E-state index < -0.39 is 16.9 Å². The molecule has 114 valence electrons. The largest absolute Gasteiger partial charge is 0.391 e. The number of nitrogens with zero attached hydrogens (tertiary/aromatic N) is 2. The molecule has 0 aromatic heterocycles. The second-order valence-electron chi connectivity index (χ2n) is 5.35. The number of anilines is 1. The third-order valence-electron chi connectivity index (χ3n) is 4.03. The van der Waals surface area contributed by atoms with E-state index in [-0.39, 0.29) is 17.3 Å². The van der Waals surface area contributed by atoms with Crippen LogP contribution >= 0.6 is 0 Å². The number of aliphatic hydroxyl groups excluding tert-OH is 1. The van der Waals surface area contributed by atoms with Gasteiger partial charge in [-0.1, -0.05) is 12.8 Å². The van der Waals surface area contributed by atoms with Crippen molar-refractivity contribution in [1.29, 1.82) is 0 Å². The van der Waals surface area contributed by atoms with Crippen molar-refractivity contribution in [2.75, 3.05) is 11.9 Å². The molecule has 1 aliphatic rings. The minimum atomic E-state index is -0.635. The lowest BCUT2D eigenvalue weighted by Crippen LogP contribution is -2.43. The average molecular weight is 293 g/mol. The molecule has 2 unspecified atom stereocenters. The molecule has 2 atom stereocenters. The number of amides is 1. The maximum Gasteiger partial charge on any atom is 0.292 e. The maximum atomic E-state index is 11.3. The molecule has 3 N–H and O–H groups in total. The zero-order valence-electron chi connectivity index (χ0n) is 11.9. The fourth-order valence-corrected chi connectivity index (χ4v) is 2.84. The Kier molecular flexibility index (Phi) is 4.42. The van der Waals surface area contributed by atoms with E-state index >= 15 is 0 Å². The fraction of sp³-hybridized carbons (Fsp3) is 0.500. The lowest BCUT2D eigenvalue weighted by molar-refractivity contribution is -0.384. The van der Waals surface area contributed by atoms with Gasteiger partial charge in [0.1, 0.15) is 5.69 Å². The Balaban J connectivity index is 2.41. The molecule has 0 saturated heterocycles. The van der Waals surface area contributed by atoms with Crippen LogP contribution in [0.3, 0.4) is 0 Å². The molecule has 1 fully saturated rings. The Hall–Kier alpha value is -2.15. The van der Waals surface area contributed by atoms with Gasteiger partial charge in [-0.15, -0.1) is 0 Å². The first kappa shape index (κ1) is 15.2. The molecule has 21 heavy (non-hydrogen) atoms. The highest BCUT2D eigenvalue weighted by atomic mass is 16.6. The van der Waals surface area contributed by atoms with E-state index in [9.17, 15) is 20.0 Å². The van der Waals surface area contributed by atoms with Crippen molar-refractivity contribution in [1.82, 2.24) is 0 Å². The molecule has 0 bridgehead atoms. The van der Waals surface area contributed by atoms with E-state index in [2.05, 4.69) is 0 Å². The summed E-state index contributed by atoms with van der Waals surface area (Å²) in [6, 6.07) is 3.85. The SMILES string of the molecule is CN(c1cc(C(N)=O)ccc1[N+](=O)[O-])C1CCCCC1O. The second kappa shape index (κ2) is 6.09. The predicted octanol–water partition coefficient (Wildman–Crippen LogP) is 1.43. The zero-order chi connectivity index (χ0) is 15.6. The molecule has 1 aromatic carbocycles. The monoisotopic (exact) mass is 293 g/mol. The van der Waals surface area contributed by atoms with Crippen molar-refractivity contribution in [3.05, 3.63) is 33.9 Å². The van der Waals surface area contributed by atoms with Gasteiger partial charge in [-0.3, -0.25) is 14.9 Å². The van der Waals surface area contributed by atoms with Crippen molar-refractivity contribution >= 4 is 17.3 Å². The summed E-state index contributed by atoms with van der Waals surface area (Å²) in [7, 11) is 1.70. The molecule has 7 heteroatoms. The molecule has 0 heterocycles. The Morgan fingerprint density at radius 2 is 2.10 bits per heavy atom. The molecule has 1 saturated carbocycles. The van der Waals surface area contributed by atoms with Crippen molar-refractivity contribution in [3.8, 4) is 0 Å². The lowest BCUT2D eigenvalue weighted by atomic mass is 9.91. The second-order valence-corrected chi connectivity index (χ2v) is 5.35. The number of hydrogen-bond donors (Lipinski definition) is 2. The summed E-state index contributed by atoms with van der Waals surface area (Å²) < 4.78 is 0. The molecule has 1 aromatic rings. The first-order chi connectivity index (χ1) is 9.91. The molecule has 1 aliphatic carbocycles. The van der Waals surface area contributed by atoms with Crippen LogP contribution in [0.5, 0.6) is 0 Å². The van der Waals surface area contributed by atoms with Gasteiger partial charge in [0.25, 0.3) is 5.69 Å². The topological polar surface area (TPSA) is 110 Å². The fourth-order valence-electron chi connectivity index (χ4n) is 2.84.